The Labute approximate surface area is 166 Å². The molecule has 0 aliphatic carbocycles. The Bertz CT molecular complexity index is 763. The summed E-state index contributed by atoms with van der Waals surface area (Å²) in [6, 6.07) is 13.8. The Hall–Kier alpha value is -2.73. The molecule has 1 atom stereocenters. The second-order valence-corrected chi connectivity index (χ2v) is 6.06. The molecule has 146 valence electrons. The number of carbonyl (C=O) groups excluding carboxylic acids is 1. The minimum atomic E-state index is -0.300. The summed E-state index contributed by atoms with van der Waals surface area (Å²) in [5.41, 5.74) is 5.08. The van der Waals surface area contributed by atoms with Crippen molar-refractivity contribution in [3.05, 3.63) is 59.2 Å². The Morgan fingerprint density at radius 2 is 1.93 bits per heavy atom. The van der Waals surface area contributed by atoms with Crippen LogP contribution in [0.2, 0.25) is 0 Å². The third kappa shape index (κ3) is 7.19. The lowest BCUT2D eigenvalue weighted by Crippen LogP contribution is -2.19. The minimum absolute atomic E-state index is 0. The van der Waals surface area contributed by atoms with Gasteiger partial charge in [-0.1, -0.05) is 18.2 Å². The zero-order chi connectivity index (χ0) is 18.9. The molecule has 0 radical (unpaired) electrons. The number of halogens is 1. The zero-order valence-electron chi connectivity index (χ0n) is 15.9. The van der Waals surface area contributed by atoms with E-state index in [1.807, 2.05) is 31.2 Å². The predicted octanol–water partition coefficient (Wildman–Crippen LogP) is 3.86. The van der Waals surface area contributed by atoms with E-state index < -0.39 is 0 Å². The summed E-state index contributed by atoms with van der Waals surface area (Å²) in [6.07, 6.45) is 1.59. The average molecular weight is 391 g/mol. The van der Waals surface area contributed by atoms with Gasteiger partial charge in [-0.15, -0.1) is 12.4 Å². The Morgan fingerprint density at radius 3 is 2.52 bits per heavy atom. The number of benzene rings is 2. The van der Waals surface area contributed by atoms with Gasteiger partial charge in [-0.2, -0.15) is 5.10 Å². The second-order valence-electron chi connectivity index (χ2n) is 6.06. The van der Waals surface area contributed by atoms with Crippen LogP contribution in [0.4, 0.5) is 11.4 Å². The monoisotopic (exact) mass is 390 g/mol. The number of ether oxygens (including phenoxy) is 1. The molecule has 27 heavy (non-hydrogen) atoms. The maximum Gasteiger partial charge on any atom is 0.302 e. The van der Waals surface area contributed by atoms with Crippen molar-refractivity contribution < 1.29 is 9.53 Å². The van der Waals surface area contributed by atoms with Gasteiger partial charge in [0, 0.05) is 24.8 Å². The highest BCUT2D eigenvalue weighted by Crippen LogP contribution is 2.25. The molecule has 7 heteroatoms. The van der Waals surface area contributed by atoms with Gasteiger partial charge in [-0.05, 0) is 54.8 Å². The Balaban J connectivity index is 0.00000364. The largest absolute Gasteiger partial charge is 0.463 e. The van der Waals surface area contributed by atoms with Gasteiger partial charge in [-0.3, -0.25) is 4.79 Å². The van der Waals surface area contributed by atoms with Crippen LogP contribution in [-0.2, 0) is 9.53 Å². The van der Waals surface area contributed by atoms with E-state index in [9.17, 15) is 4.79 Å². The highest BCUT2D eigenvalue weighted by molar-refractivity contribution is 5.85. The first-order chi connectivity index (χ1) is 12.5. The van der Waals surface area contributed by atoms with E-state index in [4.69, 9.17) is 10.6 Å². The van der Waals surface area contributed by atoms with Crippen molar-refractivity contribution in [3.63, 3.8) is 0 Å². The topological polar surface area (TPSA) is 88.7 Å². The summed E-state index contributed by atoms with van der Waals surface area (Å²) in [6.45, 7) is 6.61. The van der Waals surface area contributed by atoms with Crippen LogP contribution in [0.25, 0.3) is 0 Å². The first kappa shape index (κ1) is 22.3. The van der Waals surface area contributed by atoms with Crippen LogP contribution >= 0.6 is 12.4 Å². The number of hydrogen-bond donors (Lipinski definition) is 3. The third-order valence-corrected chi connectivity index (χ3v) is 3.81. The predicted molar refractivity (Wildman–Crippen MR) is 114 cm³/mol. The fourth-order valence-corrected chi connectivity index (χ4v) is 2.69. The summed E-state index contributed by atoms with van der Waals surface area (Å²) in [5.74, 6) is 4.88. The number of nitrogens with two attached hydrogens (primary N) is 1. The highest BCUT2D eigenvalue weighted by Gasteiger charge is 2.15. The number of hydrogen-bond acceptors (Lipinski definition) is 6. The van der Waals surface area contributed by atoms with Gasteiger partial charge in [-0.25, -0.2) is 0 Å². The molecule has 2 aromatic rings. The van der Waals surface area contributed by atoms with E-state index in [1.165, 1.54) is 6.92 Å². The van der Waals surface area contributed by atoms with E-state index in [0.29, 0.717) is 0 Å². The van der Waals surface area contributed by atoms with E-state index in [-0.39, 0.29) is 31.0 Å². The normalized spacial score (nSPS) is 11.5. The lowest BCUT2D eigenvalue weighted by Gasteiger charge is -2.21. The van der Waals surface area contributed by atoms with Gasteiger partial charge in [0.05, 0.1) is 12.3 Å². The molecule has 0 aromatic heterocycles. The molecule has 2 aromatic carbocycles. The SMILES string of the molecule is CCNc1cc(C)cc(C(COC(C)=O)Nc2ccc(C=NN)cc2)c1.Cl. The molecule has 0 amide bonds. The summed E-state index contributed by atoms with van der Waals surface area (Å²) in [4.78, 5) is 11.3. The molecular formula is C20H27ClN4O2. The van der Waals surface area contributed by atoms with Crippen LogP contribution in [0.1, 0.15) is 36.6 Å². The van der Waals surface area contributed by atoms with Gasteiger partial charge in [0.2, 0.25) is 0 Å². The zero-order valence-corrected chi connectivity index (χ0v) is 16.7. The van der Waals surface area contributed by atoms with Crippen molar-refractivity contribution in [2.75, 3.05) is 23.8 Å². The summed E-state index contributed by atoms with van der Waals surface area (Å²) in [5, 5.41) is 10.3. The molecule has 0 saturated heterocycles. The van der Waals surface area contributed by atoms with Crippen molar-refractivity contribution in [2.24, 2.45) is 10.9 Å². The summed E-state index contributed by atoms with van der Waals surface area (Å²) >= 11 is 0. The maximum absolute atomic E-state index is 11.3. The van der Waals surface area contributed by atoms with Gasteiger partial charge in [0.1, 0.15) is 6.61 Å². The molecule has 0 spiro atoms. The van der Waals surface area contributed by atoms with E-state index in [1.54, 1.807) is 6.21 Å². The molecule has 0 aliphatic rings. The number of aryl methyl sites for hydroxylation is 1. The fraction of sp³-hybridized carbons (Fsp3) is 0.300. The molecule has 6 nitrogen and oxygen atoms in total. The fourth-order valence-electron chi connectivity index (χ4n) is 2.69. The Morgan fingerprint density at radius 1 is 1.22 bits per heavy atom. The smallest absolute Gasteiger partial charge is 0.302 e. The molecule has 0 fully saturated rings. The molecule has 4 N–H and O–H groups in total. The number of hydrazone groups is 1. The number of rotatable bonds is 8. The number of anilines is 2. The lowest BCUT2D eigenvalue weighted by atomic mass is 10.0. The van der Waals surface area contributed by atoms with Gasteiger partial charge in [0.15, 0.2) is 0 Å². The van der Waals surface area contributed by atoms with Crippen LogP contribution in [0.15, 0.2) is 47.6 Å². The van der Waals surface area contributed by atoms with Crippen LogP contribution in [-0.4, -0.2) is 25.3 Å². The van der Waals surface area contributed by atoms with Crippen LogP contribution in [0.5, 0.6) is 0 Å². The van der Waals surface area contributed by atoms with Crippen molar-refractivity contribution in [3.8, 4) is 0 Å². The van der Waals surface area contributed by atoms with Crippen molar-refractivity contribution in [1.82, 2.24) is 0 Å². The molecule has 2 rings (SSSR count). The average Bonchev–Trinajstić information content (AvgIpc) is 2.60. The van der Waals surface area contributed by atoms with E-state index in [2.05, 4.69) is 40.9 Å². The molecule has 0 heterocycles. The Kier molecular flexibility index (Phi) is 9.16. The third-order valence-electron chi connectivity index (χ3n) is 3.81. The lowest BCUT2D eigenvalue weighted by molar-refractivity contribution is -0.141. The molecule has 0 bridgehead atoms. The van der Waals surface area contributed by atoms with Crippen LogP contribution in [0.3, 0.4) is 0 Å². The summed E-state index contributed by atoms with van der Waals surface area (Å²) < 4.78 is 5.27. The quantitative estimate of drug-likeness (QED) is 0.275. The van der Waals surface area contributed by atoms with Crippen LogP contribution < -0.4 is 16.5 Å². The minimum Gasteiger partial charge on any atom is -0.463 e. The standard InChI is InChI=1S/C20H26N4O2.ClH/c1-4-22-19-10-14(2)9-17(11-19)20(13-26-15(3)25)24-18-7-5-16(6-8-18)12-23-21;/h5-12,20,22,24H,4,13,21H2,1-3H3;1H. The first-order valence-corrected chi connectivity index (χ1v) is 8.60. The number of nitrogens with zero attached hydrogens (tertiary/aromatic N) is 1. The maximum atomic E-state index is 11.3. The number of carbonyl (C=O) groups is 1. The van der Waals surface area contributed by atoms with E-state index >= 15 is 0 Å². The highest BCUT2D eigenvalue weighted by atomic mass is 35.5. The summed E-state index contributed by atoms with van der Waals surface area (Å²) in [7, 11) is 0. The van der Waals surface area contributed by atoms with Crippen molar-refractivity contribution >= 4 is 36.0 Å². The van der Waals surface area contributed by atoms with Crippen molar-refractivity contribution in [1.29, 1.82) is 0 Å². The van der Waals surface area contributed by atoms with Gasteiger partial charge >= 0.3 is 5.97 Å². The van der Waals surface area contributed by atoms with Gasteiger partial charge in [0.25, 0.3) is 0 Å². The molecule has 1 unspecified atom stereocenters. The molecule has 0 saturated carbocycles. The number of nitrogens with one attached hydrogen (secondary N) is 2. The molecule has 0 aliphatic heterocycles. The van der Waals surface area contributed by atoms with E-state index in [0.717, 1.165) is 34.6 Å². The second kappa shape index (κ2) is 11.1. The van der Waals surface area contributed by atoms with Crippen molar-refractivity contribution in [2.45, 2.75) is 26.8 Å². The first-order valence-electron chi connectivity index (χ1n) is 8.60. The van der Waals surface area contributed by atoms with Crippen LogP contribution in [0, 0.1) is 6.92 Å². The number of esters is 1. The molecular weight excluding hydrogens is 364 g/mol. The van der Waals surface area contributed by atoms with Gasteiger partial charge < -0.3 is 21.2 Å².